The predicted octanol–water partition coefficient (Wildman–Crippen LogP) is 2.94. The summed E-state index contributed by atoms with van der Waals surface area (Å²) >= 11 is 0. The maximum absolute atomic E-state index is 13.6. The summed E-state index contributed by atoms with van der Waals surface area (Å²) in [6, 6.07) is 7.70. The Bertz CT molecular complexity index is 788. The summed E-state index contributed by atoms with van der Waals surface area (Å²) in [6.07, 6.45) is -0.615. The molecule has 0 aliphatic carbocycles. The fraction of sp³-hybridized carbons (Fsp3) is 0.125. The van der Waals surface area contributed by atoms with E-state index in [-0.39, 0.29) is 11.6 Å². The van der Waals surface area contributed by atoms with Crippen molar-refractivity contribution in [2.24, 2.45) is 0 Å². The Labute approximate surface area is 130 Å². The zero-order valence-electron chi connectivity index (χ0n) is 12.0. The lowest BCUT2D eigenvalue weighted by Gasteiger charge is -2.23. The van der Waals surface area contributed by atoms with Gasteiger partial charge >= 0.3 is 0 Å². The zero-order chi connectivity index (χ0) is 16.6. The molecule has 0 saturated carbocycles. The Morgan fingerprint density at radius 2 is 1.91 bits per heavy atom. The van der Waals surface area contributed by atoms with Gasteiger partial charge in [-0.25, -0.2) is 8.78 Å². The van der Waals surface area contributed by atoms with E-state index in [1.807, 2.05) is 0 Å². The fourth-order valence-electron chi connectivity index (χ4n) is 2.19. The second kappa shape index (κ2) is 5.68. The van der Waals surface area contributed by atoms with Gasteiger partial charge in [0.15, 0.2) is 6.10 Å². The van der Waals surface area contributed by atoms with Crippen molar-refractivity contribution in [1.82, 2.24) is 0 Å². The van der Waals surface area contributed by atoms with Crippen molar-refractivity contribution in [3.8, 4) is 5.75 Å². The number of rotatable bonds is 2. The molecule has 2 aromatic rings. The first-order chi connectivity index (χ1) is 11.0. The molecule has 0 bridgehead atoms. The first kappa shape index (κ1) is 15.0. The summed E-state index contributed by atoms with van der Waals surface area (Å²) in [4.78, 5) is 23.6. The lowest BCUT2D eigenvalue weighted by atomic mass is 10.1. The summed E-state index contributed by atoms with van der Waals surface area (Å²) < 4.78 is 32.6. The lowest BCUT2D eigenvalue weighted by Crippen LogP contribution is -2.34. The van der Waals surface area contributed by atoms with E-state index in [0.717, 1.165) is 12.1 Å². The van der Waals surface area contributed by atoms with E-state index in [9.17, 15) is 18.4 Å². The monoisotopic (exact) mass is 318 g/mol. The number of hydrogen-bond donors (Lipinski definition) is 2. The van der Waals surface area contributed by atoms with Gasteiger partial charge in [0.1, 0.15) is 22.9 Å². The van der Waals surface area contributed by atoms with E-state index in [1.165, 1.54) is 18.2 Å². The highest BCUT2D eigenvalue weighted by Crippen LogP contribution is 2.32. The molecule has 7 heteroatoms. The second-order valence-electron chi connectivity index (χ2n) is 5.01. The molecule has 2 N–H and O–H groups in total. The van der Waals surface area contributed by atoms with Crippen LogP contribution in [-0.2, 0) is 4.79 Å². The molecule has 2 amide bonds. The molecule has 1 heterocycles. The van der Waals surface area contributed by atoms with Crippen molar-refractivity contribution in [1.29, 1.82) is 0 Å². The Balaban J connectivity index is 1.85. The predicted molar refractivity (Wildman–Crippen MR) is 79.5 cm³/mol. The summed E-state index contributed by atoms with van der Waals surface area (Å²) in [5.74, 6) is -2.69. The molecule has 1 aliphatic heterocycles. The largest absolute Gasteiger partial charge is 0.479 e. The van der Waals surface area contributed by atoms with Crippen LogP contribution < -0.4 is 15.4 Å². The Hall–Kier alpha value is -2.96. The van der Waals surface area contributed by atoms with Crippen molar-refractivity contribution in [3.05, 3.63) is 53.6 Å². The number of halogens is 2. The number of benzene rings is 2. The molecule has 23 heavy (non-hydrogen) atoms. The SMILES string of the molecule is CC1Oc2ccc(NC(=O)c3c(F)cccc3F)cc2NC1=O. The van der Waals surface area contributed by atoms with Gasteiger partial charge in [-0.15, -0.1) is 0 Å². The average Bonchev–Trinajstić information content (AvgIpc) is 2.48. The van der Waals surface area contributed by atoms with Gasteiger partial charge in [-0.2, -0.15) is 0 Å². The van der Waals surface area contributed by atoms with E-state index in [4.69, 9.17) is 4.74 Å². The maximum atomic E-state index is 13.6. The number of carbonyl (C=O) groups is 2. The third-order valence-electron chi connectivity index (χ3n) is 3.36. The minimum Gasteiger partial charge on any atom is -0.479 e. The van der Waals surface area contributed by atoms with Crippen LogP contribution in [0.5, 0.6) is 5.75 Å². The van der Waals surface area contributed by atoms with Crippen molar-refractivity contribution < 1.29 is 23.1 Å². The number of amides is 2. The van der Waals surface area contributed by atoms with Gasteiger partial charge in [0.25, 0.3) is 11.8 Å². The first-order valence-corrected chi connectivity index (χ1v) is 6.82. The molecule has 1 unspecified atom stereocenters. The zero-order valence-corrected chi connectivity index (χ0v) is 12.0. The number of hydrogen-bond acceptors (Lipinski definition) is 3. The van der Waals surface area contributed by atoms with Crippen LogP contribution in [0.25, 0.3) is 0 Å². The van der Waals surface area contributed by atoms with E-state index in [0.29, 0.717) is 11.4 Å². The number of anilines is 2. The van der Waals surface area contributed by atoms with Crippen LogP contribution in [0.4, 0.5) is 20.2 Å². The Kier molecular flexibility index (Phi) is 3.69. The third kappa shape index (κ3) is 2.85. The Morgan fingerprint density at radius 1 is 1.22 bits per heavy atom. The standard InChI is InChI=1S/C16H12F2N2O3/c1-8-15(21)20-12-7-9(5-6-13(12)23-8)19-16(22)14-10(17)3-2-4-11(14)18/h2-8H,1H3,(H,19,22)(H,20,21). The van der Waals surface area contributed by atoms with Crippen molar-refractivity contribution in [3.63, 3.8) is 0 Å². The maximum Gasteiger partial charge on any atom is 0.265 e. The van der Waals surface area contributed by atoms with Crippen LogP contribution in [0.15, 0.2) is 36.4 Å². The molecule has 1 atom stereocenters. The highest BCUT2D eigenvalue weighted by atomic mass is 19.1. The molecule has 0 radical (unpaired) electrons. The van der Waals surface area contributed by atoms with Crippen LogP contribution in [-0.4, -0.2) is 17.9 Å². The normalized spacial score (nSPS) is 16.1. The van der Waals surface area contributed by atoms with E-state index in [1.54, 1.807) is 13.0 Å². The molecule has 5 nitrogen and oxygen atoms in total. The highest BCUT2D eigenvalue weighted by molar-refractivity contribution is 6.05. The van der Waals surface area contributed by atoms with Crippen molar-refractivity contribution in [2.75, 3.05) is 10.6 Å². The van der Waals surface area contributed by atoms with Gasteiger partial charge in [-0.1, -0.05) is 6.07 Å². The van der Waals surface area contributed by atoms with Crippen LogP contribution in [0.3, 0.4) is 0 Å². The number of fused-ring (bicyclic) bond motifs is 1. The molecule has 118 valence electrons. The van der Waals surface area contributed by atoms with Gasteiger partial charge in [0.2, 0.25) is 0 Å². The van der Waals surface area contributed by atoms with Gasteiger partial charge in [0, 0.05) is 5.69 Å². The summed E-state index contributed by atoms with van der Waals surface area (Å²) in [5, 5.41) is 5.01. The van der Waals surface area contributed by atoms with Gasteiger partial charge < -0.3 is 15.4 Å². The number of nitrogens with one attached hydrogen (secondary N) is 2. The molecular formula is C16H12F2N2O3. The Morgan fingerprint density at radius 3 is 2.61 bits per heavy atom. The summed E-state index contributed by atoms with van der Waals surface area (Å²) in [5.41, 5.74) is -0.0195. The minimum atomic E-state index is -0.953. The first-order valence-electron chi connectivity index (χ1n) is 6.82. The highest BCUT2D eigenvalue weighted by Gasteiger charge is 2.24. The molecule has 2 aromatic carbocycles. The second-order valence-corrected chi connectivity index (χ2v) is 5.01. The van der Waals surface area contributed by atoms with Crippen LogP contribution in [0, 0.1) is 11.6 Å². The van der Waals surface area contributed by atoms with Gasteiger partial charge in [-0.05, 0) is 37.3 Å². The fourth-order valence-corrected chi connectivity index (χ4v) is 2.19. The number of carbonyl (C=O) groups excluding carboxylic acids is 2. The third-order valence-corrected chi connectivity index (χ3v) is 3.36. The van der Waals surface area contributed by atoms with E-state index < -0.39 is 29.2 Å². The van der Waals surface area contributed by atoms with E-state index in [2.05, 4.69) is 10.6 Å². The summed E-state index contributed by atoms with van der Waals surface area (Å²) in [6.45, 7) is 1.61. The minimum absolute atomic E-state index is 0.273. The summed E-state index contributed by atoms with van der Waals surface area (Å²) in [7, 11) is 0. The molecular weight excluding hydrogens is 306 g/mol. The van der Waals surface area contributed by atoms with Crippen molar-refractivity contribution in [2.45, 2.75) is 13.0 Å². The molecule has 1 aliphatic rings. The van der Waals surface area contributed by atoms with E-state index >= 15 is 0 Å². The molecule has 3 rings (SSSR count). The van der Waals surface area contributed by atoms with Crippen LogP contribution >= 0.6 is 0 Å². The van der Waals surface area contributed by atoms with Gasteiger partial charge in [-0.3, -0.25) is 9.59 Å². The molecule has 0 spiro atoms. The van der Waals surface area contributed by atoms with Crippen LogP contribution in [0.1, 0.15) is 17.3 Å². The molecule has 0 saturated heterocycles. The lowest BCUT2D eigenvalue weighted by molar-refractivity contribution is -0.122. The van der Waals surface area contributed by atoms with Crippen molar-refractivity contribution >= 4 is 23.2 Å². The smallest absolute Gasteiger partial charge is 0.265 e. The van der Waals surface area contributed by atoms with Gasteiger partial charge in [0.05, 0.1) is 5.69 Å². The average molecular weight is 318 g/mol. The molecule has 0 aromatic heterocycles. The van der Waals surface area contributed by atoms with Crippen LogP contribution in [0.2, 0.25) is 0 Å². The number of ether oxygens (including phenoxy) is 1. The molecule has 0 fully saturated rings. The quantitative estimate of drug-likeness (QED) is 0.894. The topological polar surface area (TPSA) is 67.4 Å².